The summed E-state index contributed by atoms with van der Waals surface area (Å²) in [6.45, 7) is 4.97. The Morgan fingerprint density at radius 2 is 2.03 bits per heavy atom. The first-order chi connectivity index (χ1) is 14.6. The number of amides is 1. The van der Waals surface area contributed by atoms with Gasteiger partial charge in [-0.3, -0.25) is 9.69 Å². The van der Waals surface area contributed by atoms with E-state index >= 15 is 0 Å². The number of hydrogen-bond acceptors (Lipinski definition) is 5. The van der Waals surface area contributed by atoms with Crippen molar-refractivity contribution in [2.24, 2.45) is 0 Å². The summed E-state index contributed by atoms with van der Waals surface area (Å²) in [5.41, 5.74) is 1.86. The smallest absolute Gasteiger partial charge is 0.255 e. The number of benzene rings is 1. The predicted octanol–water partition coefficient (Wildman–Crippen LogP) is 4.13. The lowest BCUT2D eigenvalue weighted by atomic mass is 10.1. The molecule has 1 aromatic carbocycles. The maximum atomic E-state index is 12.6. The van der Waals surface area contributed by atoms with Gasteiger partial charge >= 0.3 is 0 Å². The number of rotatable bonds is 8. The summed E-state index contributed by atoms with van der Waals surface area (Å²) in [5, 5.41) is 3.05. The number of ether oxygens (including phenoxy) is 2. The molecule has 2 heterocycles. The molecule has 2 fully saturated rings. The largest absolute Gasteiger partial charge is 0.497 e. The van der Waals surface area contributed by atoms with Crippen LogP contribution in [0.25, 0.3) is 6.08 Å². The Kier molecular flexibility index (Phi) is 6.43. The van der Waals surface area contributed by atoms with Gasteiger partial charge in [-0.15, -0.1) is 0 Å². The molecule has 6 nitrogen and oxygen atoms in total. The van der Waals surface area contributed by atoms with Gasteiger partial charge in [0.15, 0.2) is 0 Å². The van der Waals surface area contributed by atoms with Gasteiger partial charge in [0.25, 0.3) is 5.91 Å². The van der Waals surface area contributed by atoms with Crippen LogP contribution in [0.1, 0.15) is 48.7 Å². The molecule has 30 heavy (non-hydrogen) atoms. The van der Waals surface area contributed by atoms with E-state index in [4.69, 9.17) is 13.9 Å². The summed E-state index contributed by atoms with van der Waals surface area (Å²) in [6.07, 6.45) is 7.84. The van der Waals surface area contributed by atoms with Gasteiger partial charge in [0.2, 0.25) is 0 Å². The number of piperidine rings is 1. The molecule has 1 saturated carbocycles. The molecule has 1 N–H and O–H groups in total. The molecule has 0 atom stereocenters. The van der Waals surface area contributed by atoms with Crippen LogP contribution in [0.15, 0.2) is 46.6 Å². The zero-order valence-corrected chi connectivity index (χ0v) is 17.7. The third kappa shape index (κ3) is 5.45. The van der Waals surface area contributed by atoms with Gasteiger partial charge in [-0.2, -0.15) is 0 Å². The van der Waals surface area contributed by atoms with Crippen molar-refractivity contribution in [3.63, 3.8) is 0 Å². The monoisotopic (exact) mass is 410 g/mol. The first kappa shape index (κ1) is 20.5. The molecule has 160 valence electrons. The molecule has 4 rings (SSSR count). The molecule has 1 aliphatic heterocycles. The maximum Gasteiger partial charge on any atom is 0.255 e. The third-order valence-corrected chi connectivity index (χ3v) is 5.58. The molecule has 2 aromatic rings. The van der Waals surface area contributed by atoms with E-state index in [0.29, 0.717) is 23.1 Å². The third-order valence-electron chi connectivity index (χ3n) is 5.58. The van der Waals surface area contributed by atoms with E-state index in [-0.39, 0.29) is 12.0 Å². The van der Waals surface area contributed by atoms with Gasteiger partial charge in [-0.25, -0.2) is 0 Å². The molecule has 2 aliphatic rings. The van der Waals surface area contributed by atoms with Crippen LogP contribution >= 0.6 is 0 Å². The van der Waals surface area contributed by atoms with Crippen molar-refractivity contribution in [1.82, 2.24) is 10.2 Å². The number of nitrogens with zero attached hydrogens (tertiary/aromatic N) is 1. The van der Waals surface area contributed by atoms with Crippen LogP contribution in [0.4, 0.5) is 0 Å². The second-order valence-electron chi connectivity index (χ2n) is 8.21. The lowest BCUT2D eigenvalue weighted by Crippen LogP contribution is -2.39. The average molecular weight is 411 g/mol. The fourth-order valence-corrected chi connectivity index (χ4v) is 3.78. The van der Waals surface area contributed by atoms with E-state index < -0.39 is 0 Å². The summed E-state index contributed by atoms with van der Waals surface area (Å²) in [5.74, 6) is 2.14. The van der Waals surface area contributed by atoms with Crippen molar-refractivity contribution in [2.45, 2.75) is 44.8 Å². The van der Waals surface area contributed by atoms with Crippen LogP contribution < -0.4 is 14.8 Å². The lowest BCUT2D eigenvalue weighted by Gasteiger charge is -2.32. The summed E-state index contributed by atoms with van der Waals surface area (Å²) in [6, 6.07) is 9.61. The standard InChI is InChI=1S/C24H30N2O4/c1-17(14-21-4-3-13-29-21)16-26-11-9-19(10-12-26)30-23-15-20(28-2)7-8-22(23)24(27)25-18-5-6-18/h3-4,7-8,13-15,18-19H,5-6,9-12,16H2,1-2H3,(H,25,27). The summed E-state index contributed by atoms with van der Waals surface area (Å²) in [7, 11) is 1.63. The average Bonchev–Trinajstić information content (AvgIpc) is 3.41. The highest BCUT2D eigenvalue weighted by Gasteiger charge is 2.27. The zero-order valence-electron chi connectivity index (χ0n) is 17.7. The molecule has 0 radical (unpaired) electrons. The number of carbonyl (C=O) groups is 1. The van der Waals surface area contributed by atoms with Gasteiger partial charge in [0.05, 0.1) is 18.9 Å². The van der Waals surface area contributed by atoms with Crippen LogP contribution in [0.2, 0.25) is 0 Å². The number of hydrogen-bond donors (Lipinski definition) is 1. The van der Waals surface area contributed by atoms with Crippen molar-refractivity contribution in [3.8, 4) is 11.5 Å². The Morgan fingerprint density at radius 1 is 1.23 bits per heavy atom. The highest BCUT2D eigenvalue weighted by molar-refractivity contribution is 5.97. The Balaban J connectivity index is 1.34. The van der Waals surface area contributed by atoms with E-state index in [0.717, 1.165) is 51.1 Å². The van der Waals surface area contributed by atoms with Gasteiger partial charge in [0, 0.05) is 31.7 Å². The van der Waals surface area contributed by atoms with Crippen LogP contribution in [0.5, 0.6) is 11.5 Å². The second-order valence-corrected chi connectivity index (χ2v) is 8.21. The van der Waals surface area contributed by atoms with Gasteiger partial charge < -0.3 is 19.2 Å². The number of likely N-dealkylation sites (tertiary alicyclic amines) is 1. The molecule has 6 heteroatoms. The van der Waals surface area contributed by atoms with Gasteiger partial charge in [0.1, 0.15) is 23.4 Å². The molecule has 1 aliphatic carbocycles. The Hall–Kier alpha value is -2.73. The number of nitrogens with one attached hydrogen (secondary N) is 1. The van der Waals surface area contributed by atoms with Crippen molar-refractivity contribution in [3.05, 3.63) is 53.5 Å². The van der Waals surface area contributed by atoms with Crippen molar-refractivity contribution in [2.75, 3.05) is 26.7 Å². The first-order valence-corrected chi connectivity index (χ1v) is 10.7. The van der Waals surface area contributed by atoms with E-state index in [1.165, 1.54) is 5.57 Å². The molecule has 0 unspecified atom stereocenters. The lowest BCUT2D eigenvalue weighted by molar-refractivity contribution is 0.0914. The maximum absolute atomic E-state index is 12.6. The summed E-state index contributed by atoms with van der Waals surface area (Å²) < 4.78 is 17.0. The first-order valence-electron chi connectivity index (χ1n) is 10.7. The Labute approximate surface area is 177 Å². The molecule has 1 amide bonds. The van der Waals surface area contributed by atoms with E-state index in [1.807, 2.05) is 24.3 Å². The minimum Gasteiger partial charge on any atom is -0.497 e. The van der Waals surface area contributed by atoms with Crippen LogP contribution in [-0.4, -0.2) is 49.7 Å². The van der Waals surface area contributed by atoms with E-state index in [2.05, 4.69) is 23.2 Å². The van der Waals surface area contributed by atoms with E-state index in [1.54, 1.807) is 19.4 Å². The van der Waals surface area contributed by atoms with Crippen molar-refractivity contribution in [1.29, 1.82) is 0 Å². The zero-order chi connectivity index (χ0) is 20.9. The molecule has 0 spiro atoms. The van der Waals surface area contributed by atoms with Gasteiger partial charge in [-0.1, -0.05) is 5.57 Å². The predicted molar refractivity (Wildman–Crippen MR) is 116 cm³/mol. The minimum absolute atomic E-state index is 0.0636. The molecular weight excluding hydrogens is 380 g/mol. The van der Waals surface area contributed by atoms with E-state index in [9.17, 15) is 4.79 Å². The SMILES string of the molecule is COc1ccc(C(=O)NC2CC2)c(OC2CCN(CC(C)=Cc3ccco3)CC2)c1. The quantitative estimate of drug-likeness (QED) is 0.709. The fourth-order valence-electron chi connectivity index (χ4n) is 3.78. The van der Waals surface area contributed by atoms with Crippen molar-refractivity contribution < 1.29 is 18.7 Å². The normalized spacial score (nSPS) is 18.3. The molecule has 1 aromatic heterocycles. The number of methoxy groups -OCH3 is 1. The Bertz CT molecular complexity index is 879. The topological polar surface area (TPSA) is 63.9 Å². The van der Waals surface area contributed by atoms with Crippen LogP contribution in [0, 0.1) is 0 Å². The molecule has 1 saturated heterocycles. The van der Waals surface area contributed by atoms with Gasteiger partial charge in [-0.05, 0) is 62.9 Å². The Morgan fingerprint density at radius 3 is 2.70 bits per heavy atom. The highest BCUT2D eigenvalue weighted by Crippen LogP contribution is 2.29. The highest BCUT2D eigenvalue weighted by atomic mass is 16.5. The molecule has 0 bridgehead atoms. The van der Waals surface area contributed by atoms with Crippen molar-refractivity contribution >= 4 is 12.0 Å². The number of furan rings is 1. The molecular formula is C24H30N2O4. The summed E-state index contributed by atoms with van der Waals surface area (Å²) >= 11 is 0. The summed E-state index contributed by atoms with van der Waals surface area (Å²) in [4.78, 5) is 15.0. The van der Waals surface area contributed by atoms with Crippen LogP contribution in [0.3, 0.4) is 0 Å². The number of carbonyl (C=O) groups excluding carboxylic acids is 1. The fraction of sp³-hybridized carbons (Fsp3) is 0.458. The minimum atomic E-state index is -0.0636. The van der Waals surface area contributed by atoms with Crippen LogP contribution in [-0.2, 0) is 0 Å². The second kappa shape index (κ2) is 9.39.